The number of fused-ring (bicyclic) bond motifs is 2. The van der Waals surface area contributed by atoms with E-state index < -0.39 is 0 Å². The first-order valence-electron chi connectivity index (χ1n) is 6.89. The Bertz CT molecular complexity index is 790. The van der Waals surface area contributed by atoms with Crippen LogP contribution in [0.4, 0.5) is 0 Å². The Hall–Kier alpha value is -2.27. The topological polar surface area (TPSA) is 69.6 Å². The zero-order valence-electron chi connectivity index (χ0n) is 11.1. The summed E-state index contributed by atoms with van der Waals surface area (Å²) in [6, 6.07) is 10.1. The molecule has 0 spiro atoms. The minimum absolute atomic E-state index is 0.462. The van der Waals surface area contributed by atoms with Gasteiger partial charge in [-0.15, -0.1) is 5.10 Å². The smallest absolute Gasteiger partial charge is 0.160 e. The van der Waals surface area contributed by atoms with Crippen molar-refractivity contribution >= 4 is 11.0 Å². The highest BCUT2D eigenvalue weighted by Crippen LogP contribution is 2.25. The molecule has 0 radical (unpaired) electrons. The van der Waals surface area contributed by atoms with Gasteiger partial charge in [-0.25, -0.2) is 4.98 Å². The predicted molar refractivity (Wildman–Crippen MR) is 76.6 cm³/mol. The molecule has 0 saturated carbocycles. The van der Waals surface area contributed by atoms with Crippen LogP contribution in [0.2, 0.25) is 0 Å². The number of hydrogen-bond acceptors (Lipinski definition) is 4. The van der Waals surface area contributed by atoms with Crippen LogP contribution in [0.3, 0.4) is 0 Å². The zero-order valence-corrected chi connectivity index (χ0v) is 11.1. The van der Waals surface area contributed by atoms with Gasteiger partial charge >= 0.3 is 0 Å². The van der Waals surface area contributed by atoms with Crippen LogP contribution in [-0.4, -0.2) is 20.0 Å². The van der Waals surface area contributed by atoms with Crippen LogP contribution < -0.4 is 5.73 Å². The highest BCUT2D eigenvalue weighted by molar-refractivity contribution is 5.75. The maximum atomic E-state index is 5.89. The highest BCUT2D eigenvalue weighted by Gasteiger charge is 2.18. The van der Waals surface area contributed by atoms with Crippen LogP contribution >= 0.6 is 0 Å². The number of hydrogen-bond donors (Lipinski definition) is 1. The Kier molecular flexibility index (Phi) is 2.53. The average Bonchev–Trinajstić information content (AvgIpc) is 3.11. The first kappa shape index (κ1) is 11.5. The fourth-order valence-electron chi connectivity index (χ4n) is 2.87. The summed E-state index contributed by atoms with van der Waals surface area (Å²) in [6.07, 6.45) is 3.32. The van der Waals surface area contributed by atoms with Crippen molar-refractivity contribution in [2.75, 3.05) is 0 Å². The number of nitrogens with zero attached hydrogens (tertiary/aromatic N) is 4. The van der Waals surface area contributed by atoms with Gasteiger partial charge in [-0.05, 0) is 43.0 Å². The van der Waals surface area contributed by atoms with Crippen molar-refractivity contribution in [2.24, 2.45) is 5.73 Å². The summed E-state index contributed by atoms with van der Waals surface area (Å²) in [6.45, 7) is 0.462. The van der Waals surface area contributed by atoms with E-state index in [4.69, 9.17) is 10.7 Å². The largest absolute Gasteiger partial charge is 0.326 e. The van der Waals surface area contributed by atoms with Crippen molar-refractivity contribution in [1.82, 2.24) is 20.0 Å². The second-order valence-corrected chi connectivity index (χ2v) is 5.12. The molecule has 3 aromatic rings. The number of rotatable bonds is 2. The van der Waals surface area contributed by atoms with Crippen LogP contribution in [0.5, 0.6) is 0 Å². The van der Waals surface area contributed by atoms with E-state index in [2.05, 4.69) is 16.4 Å². The highest BCUT2D eigenvalue weighted by atomic mass is 15.4. The van der Waals surface area contributed by atoms with Gasteiger partial charge in [-0.1, -0.05) is 17.3 Å². The number of nitrogens with two attached hydrogens (primary N) is 1. The third kappa shape index (κ3) is 1.63. The molecule has 5 nitrogen and oxygen atoms in total. The summed E-state index contributed by atoms with van der Waals surface area (Å²) in [5.41, 5.74) is 11.3. The fraction of sp³-hybridized carbons (Fsp3) is 0.267. The summed E-state index contributed by atoms with van der Waals surface area (Å²) in [5.74, 6) is 0.821. The van der Waals surface area contributed by atoms with Gasteiger partial charge in [0.25, 0.3) is 0 Å². The molecule has 4 rings (SSSR count). The summed E-state index contributed by atoms with van der Waals surface area (Å²) in [4.78, 5) is 4.80. The maximum Gasteiger partial charge on any atom is 0.160 e. The summed E-state index contributed by atoms with van der Waals surface area (Å²) in [7, 11) is 0. The summed E-state index contributed by atoms with van der Waals surface area (Å²) >= 11 is 0. The Balaban J connectivity index is 1.97. The molecule has 0 amide bonds. The van der Waals surface area contributed by atoms with Gasteiger partial charge in [0.1, 0.15) is 5.52 Å². The summed E-state index contributed by atoms with van der Waals surface area (Å²) in [5, 5.41) is 8.44. The van der Waals surface area contributed by atoms with Crippen molar-refractivity contribution in [2.45, 2.75) is 25.8 Å². The first-order valence-corrected chi connectivity index (χ1v) is 6.89. The monoisotopic (exact) mass is 265 g/mol. The maximum absolute atomic E-state index is 5.89. The number of pyridine rings is 1. The minimum atomic E-state index is 0.462. The molecular formula is C15H15N5. The Morgan fingerprint density at radius 2 is 2.10 bits per heavy atom. The molecule has 0 unspecified atom stereocenters. The van der Waals surface area contributed by atoms with E-state index >= 15 is 0 Å². The lowest BCUT2D eigenvalue weighted by atomic mass is 10.1. The Labute approximate surface area is 116 Å². The van der Waals surface area contributed by atoms with Gasteiger partial charge in [0.05, 0.1) is 5.52 Å². The summed E-state index contributed by atoms with van der Waals surface area (Å²) < 4.78 is 1.80. The van der Waals surface area contributed by atoms with Gasteiger partial charge in [0, 0.05) is 17.8 Å². The first-order chi connectivity index (χ1) is 9.86. The molecule has 0 bridgehead atoms. The molecule has 1 aliphatic rings. The van der Waals surface area contributed by atoms with Crippen LogP contribution in [0, 0.1) is 0 Å². The molecule has 0 saturated heterocycles. The lowest BCUT2D eigenvalue weighted by Gasteiger charge is -2.10. The van der Waals surface area contributed by atoms with Gasteiger partial charge < -0.3 is 5.73 Å². The van der Waals surface area contributed by atoms with Crippen LogP contribution in [0.25, 0.3) is 16.9 Å². The average molecular weight is 265 g/mol. The van der Waals surface area contributed by atoms with E-state index in [1.165, 1.54) is 17.7 Å². The predicted octanol–water partition coefficient (Wildman–Crippen LogP) is 1.76. The third-order valence-electron chi connectivity index (χ3n) is 3.88. The quantitative estimate of drug-likeness (QED) is 0.766. The molecule has 0 atom stereocenters. The molecule has 0 aliphatic heterocycles. The van der Waals surface area contributed by atoms with Crippen molar-refractivity contribution in [1.29, 1.82) is 0 Å². The van der Waals surface area contributed by atoms with Crippen molar-refractivity contribution in [3.63, 3.8) is 0 Å². The standard InChI is InChI=1S/C15H15N5/c16-9-11-8-10-4-3-6-12(10)17-15(11)20-14-7-2-1-5-13(14)18-19-20/h1-2,5,7-8H,3-4,6,9,16H2. The third-order valence-corrected chi connectivity index (χ3v) is 3.88. The molecule has 2 N–H and O–H groups in total. The van der Waals surface area contributed by atoms with E-state index in [0.717, 1.165) is 35.3 Å². The molecule has 100 valence electrons. The minimum Gasteiger partial charge on any atom is -0.326 e. The lowest BCUT2D eigenvalue weighted by Crippen LogP contribution is -2.10. The number of para-hydroxylation sites is 1. The molecule has 20 heavy (non-hydrogen) atoms. The van der Waals surface area contributed by atoms with Crippen molar-refractivity contribution < 1.29 is 0 Å². The number of benzene rings is 1. The lowest BCUT2D eigenvalue weighted by molar-refractivity contribution is 0.778. The van der Waals surface area contributed by atoms with Crippen molar-refractivity contribution in [3.8, 4) is 5.82 Å². The molecule has 1 aliphatic carbocycles. The van der Waals surface area contributed by atoms with E-state index in [-0.39, 0.29) is 0 Å². The molecular weight excluding hydrogens is 250 g/mol. The molecule has 1 aromatic carbocycles. The number of aromatic nitrogens is 4. The van der Waals surface area contributed by atoms with E-state index in [0.29, 0.717) is 6.54 Å². The van der Waals surface area contributed by atoms with Gasteiger partial charge in [0.15, 0.2) is 5.82 Å². The van der Waals surface area contributed by atoms with Gasteiger partial charge in [-0.2, -0.15) is 4.68 Å². The molecule has 2 heterocycles. The number of aryl methyl sites for hydroxylation is 2. The van der Waals surface area contributed by atoms with Gasteiger partial charge in [-0.3, -0.25) is 0 Å². The van der Waals surface area contributed by atoms with Gasteiger partial charge in [0.2, 0.25) is 0 Å². The van der Waals surface area contributed by atoms with Crippen LogP contribution in [0.1, 0.15) is 23.2 Å². The van der Waals surface area contributed by atoms with E-state index in [9.17, 15) is 0 Å². The Morgan fingerprint density at radius 3 is 3.00 bits per heavy atom. The Morgan fingerprint density at radius 1 is 1.20 bits per heavy atom. The van der Waals surface area contributed by atoms with Crippen LogP contribution in [0.15, 0.2) is 30.3 Å². The van der Waals surface area contributed by atoms with Crippen LogP contribution in [-0.2, 0) is 19.4 Å². The molecule has 2 aromatic heterocycles. The molecule has 5 heteroatoms. The van der Waals surface area contributed by atoms with E-state index in [1.54, 1.807) is 4.68 Å². The second kappa shape index (κ2) is 4.38. The normalized spacial score (nSPS) is 13.8. The van der Waals surface area contributed by atoms with Crippen molar-refractivity contribution in [3.05, 3.63) is 47.2 Å². The second-order valence-electron chi connectivity index (χ2n) is 5.12. The van der Waals surface area contributed by atoms with E-state index in [1.807, 2.05) is 24.3 Å². The fourth-order valence-corrected chi connectivity index (χ4v) is 2.87. The molecule has 0 fully saturated rings. The SMILES string of the molecule is NCc1cc2c(nc1-n1nnc3ccccc31)CCC2. The zero-order chi connectivity index (χ0) is 13.5.